The lowest BCUT2D eigenvalue weighted by atomic mass is 10.1. The third-order valence-electron chi connectivity index (χ3n) is 5.24. The van der Waals surface area contributed by atoms with E-state index in [4.69, 9.17) is 9.47 Å². The second-order valence-corrected chi connectivity index (χ2v) is 8.92. The Kier molecular flexibility index (Phi) is 10.7. The third kappa shape index (κ3) is 7.76. The molecule has 172 valence electrons. The summed E-state index contributed by atoms with van der Waals surface area (Å²) in [6.45, 7) is 4.68. The van der Waals surface area contributed by atoms with Gasteiger partial charge in [0.2, 0.25) is 5.91 Å². The van der Waals surface area contributed by atoms with Crippen LogP contribution in [-0.4, -0.2) is 46.7 Å². The van der Waals surface area contributed by atoms with Gasteiger partial charge in [-0.2, -0.15) is 0 Å². The highest BCUT2D eigenvalue weighted by Crippen LogP contribution is 2.27. The Bertz CT molecular complexity index is 825. The van der Waals surface area contributed by atoms with Crippen molar-refractivity contribution >= 4 is 17.7 Å². The minimum absolute atomic E-state index is 0.00501. The van der Waals surface area contributed by atoms with E-state index in [9.17, 15) is 4.79 Å². The highest BCUT2D eigenvalue weighted by atomic mass is 32.2. The molecule has 0 aliphatic carbocycles. The highest BCUT2D eigenvalue weighted by Gasteiger charge is 2.18. The number of benzene rings is 1. The number of thioether (sulfide) groups is 1. The van der Waals surface area contributed by atoms with Gasteiger partial charge in [-0.15, -0.1) is 10.2 Å². The van der Waals surface area contributed by atoms with Crippen LogP contribution in [0.4, 0.5) is 0 Å². The number of rotatable bonds is 14. The van der Waals surface area contributed by atoms with Gasteiger partial charge in [0.25, 0.3) is 0 Å². The summed E-state index contributed by atoms with van der Waals surface area (Å²) in [4.78, 5) is 12.5. The standard InChI is InChI=1S/C23H36N4O3S/c1-6-7-8-9-10-11-21-25-26-23(27(21)3)31-17(2)22(28)24-15-14-18-12-13-19(29-4)20(16-18)30-5/h12-13,16-17H,6-11,14-15H2,1-5H3,(H,24,28)/t17-/m0/s1. The van der Waals surface area contributed by atoms with Crippen LogP contribution in [0.2, 0.25) is 0 Å². The van der Waals surface area contributed by atoms with Crippen molar-refractivity contribution in [3.63, 3.8) is 0 Å². The van der Waals surface area contributed by atoms with Crippen LogP contribution in [0.15, 0.2) is 23.4 Å². The summed E-state index contributed by atoms with van der Waals surface area (Å²) >= 11 is 1.44. The average molecular weight is 449 g/mol. The molecule has 2 rings (SSSR count). The number of hydrogen-bond acceptors (Lipinski definition) is 6. The molecule has 7 nitrogen and oxygen atoms in total. The van der Waals surface area contributed by atoms with Gasteiger partial charge in [0.15, 0.2) is 16.7 Å². The maximum absolute atomic E-state index is 12.5. The first-order chi connectivity index (χ1) is 15.0. The number of aromatic nitrogens is 3. The number of unbranched alkanes of at least 4 members (excludes halogenated alkanes) is 4. The van der Waals surface area contributed by atoms with Gasteiger partial charge in [-0.05, 0) is 37.5 Å². The smallest absolute Gasteiger partial charge is 0.233 e. The summed E-state index contributed by atoms with van der Waals surface area (Å²) in [5, 5.41) is 12.1. The molecule has 0 unspecified atom stereocenters. The molecule has 1 aromatic heterocycles. The molecule has 1 atom stereocenters. The normalized spacial score (nSPS) is 11.9. The average Bonchev–Trinajstić information content (AvgIpc) is 3.12. The summed E-state index contributed by atoms with van der Waals surface area (Å²) in [6, 6.07) is 5.80. The lowest BCUT2D eigenvalue weighted by Gasteiger charge is -2.13. The van der Waals surface area contributed by atoms with E-state index in [-0.39, 0.29) is 11.2 Å². The zero-order chi connectivity index (χ0) is 22.6. The zero-order valence-electron chi connectivity index (χ0n) is 19.4. The van der Waals surface area contributed by atoms with Gasteiger partial charge in [0.1, 0.15) is 5.82 Å². The Morgan fingerprint density at radius 3 is 2.55 bits per heavy atom. The van der Waals surface area contributed by atoms with Gasteiger partial charge in [0, 0.05) is 20.0 Å². The van der Waals surface area contributed by atoms with E-state index in [1.54, 1.807) is 14.2 Å². The number of aryl methyl sites for hydroxylation is 1. The molecule has 1 N–H and O–H groups in total. The molecular weight excluding hydrogens is 412 g/mol. The minimum atomic E-state index is -0.245. The van der Waals surface area contributed by atoms with Crippen molar-refractivity contribution in [1.29, 1.82) is 0 Å². The fourth-order valence-corrected chi connectivity index (χ4v) is 4.13. The SMILES string of the molecule is CCCCCCCc1nnc(S[C@@H](C)C(=O)NCCc2ccc(OC)c(OC)c2)n1C. The molecule has 1 heterocycles. The monoisotopic (exact) mass is 448 g/mol. The van der Waals surface area contributed by atoms with Crippen LogP contribution in [0.3, 0.4) is 0 Å². The van der Waals surface area contributed by atoms with Crippen molar-refractivity contribution in [3.8, 4) is 11.5 Å². The van der Waals surface area contributed by atoms with Crippen LogP contribution in [0.5, 0.6) is 11.5 Å². The lowest BCUT2D eigenvalue weighted by Crippen LogP contribution is -2.32. The molecule has 8 heteroatoms. The topological polar surface area (TPSA) is 78.3 Å². The number of nitrogens with zero attached hydrogens (tertiary/aromatic N) is 3. The maximum atomic E-state index is 12.5. The summed E-state index contributed by atoms with van der Waals surface area (Å²) < 4.78 is 12.6. The quantitative estimate of drug-likeness (QED) is 0.345. The van der Waals surface area contributed by atoms with E-state index in [1.807, 2.05) is 36.7 Å². The van der Waals surface area contributed by atoms with Crippen LogP contribution in [0.1, 0.15) is 57.3 Å². The van der Waals surface area contributed by atoms with E-state index in [2.05, 4.69) is 22.4 Å². The number of methoxy groups -OCH3 is 2. The zero-order valence-corrected chi connectivity index (χ0v) is 20.3. The summed E-state index contributed by atoms with van der Waals surface area (Å²) in [6.07, 6.45) is 7.81. The van der Waals surface area contributed by atoms with Crippen molar-refractivity contribution in [3.05, 3.63) is 29.6 Å². The highest BCUT2D eigenvalue weighted by molar-refractivity contribution is 8.00. The van der Waals surface area contributed by atoms with Gasteiger partial charge < -0.3 is 19.4 Å². The number of amides is 1. The van der Waals surface area contributed by atoms with Gasteiger partial charge in [-0.25, -0.2) is 0 Å². The number of nitrogens with one attached hydrogen (secondary N) is 1. The largest absolute Gasteiger partial charge is 0.493 e. The molecule has 0 spiro atoms. The molecule has 1 aromatic carbocycles. The molecule has 0 bridgehead atoms. The molecule has 0 saturated heterocycles. The second kappa shape index (κ2) is 13.2. The van der Waals surface area contributed by atoms with E-state index in [0.717, 1.165) is 35.8 Å². The predicted octanol–water partition coefficient (Wildman–Crippen LogP) is 4.18. The van der Waals surface area contributed by atoms with E-state index >= 15 is 0 Å². The number of ether oxygens (including phenoxy) is 2. The maximum Gasteiger partial charge on any atom is 0.233 e. The van der Waals surface area contributed by atoms with Crippen molar-refractivity contribution in [2.24, 2.45) is 7.05 Å². The predicted molar refractivity (Wildman–Crippen MR) is 125 cm³/mol. The van der Waals surface area contributed by atoms with Gasteiger partial charge in [0.05, 0.1) is 19.5 Å². The summed E-state index contributed by atoms with van der Waals surface area (Å²) in [7, 11) is 5.21. The van der Waals surface area contributed by atoms with Gasteiger partial charge in [-0.1, -0.05) is 50.4 Å². The first-order valence-corrected chi connectivity index (χ1v) is 11.9. The molecule has 0 fully saturated rings. The van der Waals surface area contributed by atoms with Gasteiger partial charge >= 0.3 is 0 Å². The fraction of sp³-hybridized carbons (Fsp3) is 0.609. The Labute approximate surface area is 190 Å². The Balaban J connectivity index is 1.78. The van der Waals surface area contributed by atoms with Crippen molar-refractivity contribution in [1.82, 2.24) is 20.1 Å². The first kappa shape index (κ1) is 25.0. The van der Waals surface area contributed by atoms with Gasteiger partial charge in [-0.3, -0.25) is 4.79 Å². The van der Waals surface area contributed by atoms with Crippen molar-refractivity contribution in [2.45, 2.75) is 69.2 Å². The Morgan fingerprint density at radius 1 is 1.10 bits per heavy atom. The van der Waals surface area contributed by atoms with Crippen molar-refractivity contribution in [2.75, 3.05) is 20.8 Å². The summed E-state index contributed by atoms with van der Waals surface area (Å²) in [5.41, 5.74) is 1.08. The molecule has 0 aliphatic rings. The van der Waals surface area contributed by atoms with Crippen LogP contribution in [-0.2, 0) is 24.7 Å². The molecular formula is C23H36N4O3S. The van der Waals surface area contributed by atoms with Crippen LogP contribution >= 0.6 is 11.8 Å². The van der Waals surface area contributed by atoms with Crippen LogP contribution < -0.4 is 14.8 Å². The molecule has 0 saturated carbocycles. The van der Waals surface area contributed by atoms with E-state index < -0.39 is 0 Å². The number of carbonyl (C=O) groups is 1. The molecule has 1 amide bonds. The second-order valence-electron chi connectivity index (χ2n) is 7.61. The minimum Gasteiger partial charge on any atom is -0.493 e. The van der Waals surface area contributed by atoms with E-state index in [0.29, 0.717) is 18.0 Å². The lowest BCUT2D eigenvalue weighted by molar-refractivity contribution is -0.120. The summed E-state index contributed by atoms with van der Waals surface area (Å²) in [5.74, 6) is 2.37. The fourth-order valence-electron chi connectivity index (χ4n) is 3.27. The van der Waals surface area contributed by atoms with E-state index in [1.165, 1.54) is 37.4 Å². The molecule has 0 aliphatic heterocycles. The molecule has 2 aromatic rings. The Hall–Kier alpha value is -2.22. The molecule has 0 radical (unpaired) electrons. The first-order valence-electron chi connectivity index (χ1n) is 11.0. The Morgan fingerprint density at radius 2 is 1.84 bits per heavy atom. The van der Waals surface area contributed by atoms with Crippen LogP contribution in [0.25, 0.3) is 0 Å². The number of hydrogen-bond donors (Lipinski definition) is 1. The molecule has 31 heavy (non-hydrogen) atoms. The number of carbonyl (C=O) groups excluding carboxylic acids is 1. The third-order valence-corrected chi connectivity index (χ3v) is 6.38. The van der Waals surface area contributed by atoms with Crippen molar-refractivity contribution < 1.29 is 14.3 Å². The van der Waals surface area contributed by atoms with Crippen LogP contribution in [0, 0.1) is 0 Å².